The molecule has 1 atom stereocenters. The van der Waals surface area contributed by atoms with Gasteiger partial charge in [0.1, 0.15) is 11.2 Å². The van der Waals surface area contributed by atoms with Crippen molar-refractivity contribution < 1.29 is 4.79 Å². The Morgan fingerprint density at radius 2 is 1.96 bits per heavy atom. The van der Waals surface area contributed by atoms with E-state index in [9.17, 15) is 9.59 Å². The molecule has 1 amide bonds. The summed E-state index contributed by atoms with van der Waals surface area (Å²) in [6.45, 7) is 3.83. The molecule has 0 bridgehead atoms. The highest BCUT2D eigenvalue weighted by atomic mass is 16.2. The maximum absolute atomic E-state index is 12.5. The number of benzene rings is 1. The first-order valence-corrected chi connectivity index (χ1v) is 8.37. The minimum Gasteiger partial charge on any atom is -0.349 e. The van der Waals surface area contributed by atoms with Crippen molar-refractivity contribution in [1.82, 2.24) is 14.7 Å². The molecule has 0 aliphatic rings. The van der Waals surface area contributed by atoms with Crippen molar-refractivity contribution in [3.63, 3.8) is 0 Å². The molecule has 1 unspecified atom stereocenters. The number of rotatable bonds is 5. The summed E-state index contributed by atoms with van der Waals surface area (Å²) >= 11 is 0. The number of nitrogens with one attached hydrogen (secondary N) is 1. The summed E-state index contributed by atoms with van der Waals surface area (Å²) < 4.78 is 1.42. The lowest BCUT2D eigenvalue weighted by molar-refractivity contribution is 0.0936. The molecule has 0 aliphatic carbocycles. The van der Waals surface area contributed by atoms with Crippen molar-refractivity contribution in [2.75, 3.05) is 0 Å². The third-order valence-corrected chi connectivity index (χ3v) is 4.18. The van der Waals surface area contributed by atoms with Crippen molar-refractivity contribution in [3.05, 3.63) is 81.9 Å². The molecule has 128 valence electrons. The van der Waals surface area contributed by atoms with E-state index >= 15 is 0 Å². The van der Waals surface area contributed by atoms with Crippen LogP contribution in [0.1, 0.15) is 34.8 Å². The van der Waals surface area contributed by atoms with Crippen LogP contribution in [0.4, 0.5) is 0 Å². The molecule has 2 heterocycles. The number of nitrogens with zero attached hydrogens (tertiary/aromatic N) is 2. The monoisotopic (exact) mass is 335 g/mol. The SMILES string of the molecule is Cc1ccc2ncc(C(=O)NC(C)CCc3ccccc3)c(=O)n2c1. The third-order valence-electron chi connectivity index (χ3n) is 4.18. The van der Waals surface area contributed by atoms with Gasteiger partial charge in [-0.15, -0.1) is 0 Å². The Balaban J connectivity index is 1.71. The van der Waals surface area contributed by atoms with E-state index in [4.69, 9.17) is 0 Å². The molecule has 0 fully saturated rings. The molecule has 1 aromatic carbocycles. The number of aryl methyl sites for hydroxylation is 2. The summed E-state index contributed by atoms with van der Waals surface area (Å²) in [6.07, 6.45) is 4.72. The van der Waals surface area contributed by atoms with Crippen molar-refractivity contribution in [2.24, 2.45) is 0 Å². The van der Waals surface area contributed by atoms with Gasteiger partial charge in [0, 0.05) is 18.4 Å². The summed E-state index contributed by atoms with van der Waals surface area (Å²) in [4.78, 5) is 29.2. The van der Waals surface area contributed by atoms with Crippen LogP contribution in [-0.4, -0.2) is 21.3 Å². The predicted octanol–water partition coefficient (Wildman–Crippen LogP) is 2.75. The second-order valence-electron chi connectivity index (χ2n) is 6.31. The molecule has 25 heavy (non-hydrogen) atoms. The zero-order chi connectivity index (χ0) is 17.8. The lowest BCUT2D eigenvalue weighted by atomic mass is 10.1. The smallest absolute Gasteiger partial charge is 0.270 e. The minimum atomic E-state index is -0.381. The van der Waals surface area contributed by atoms with Crippen LogP contribution in [0, 0.1) is 6.92 Å². The van der Waals surface area contributed by atoms with E-state index < -0.39 is 0 Å². The van der Waals surface area contributed by atoms with Gasteiger partial charge in [-0.3, -0.25) is 14.0 Å². The zero-order valence-corrected chi connectivity index (χ0v) is 14.4. The average molecular weight is 335 g/mol. The molecule has 0 saturated heterocycles. The summed E-state index contributed by atoms with van der Waals surface area (Å²) in [5.41, 5.74) is 2.41. The van der Waals surface area contributed by atoms with E-state index in [2.05, 4.69) is 22.4 Å². The van der Waals surface area contributed by atoms with E-state index in [-0.39, 0.29) is 23.1 Å². The second kappa shape index (κ2) is 7.30. The van der Waals surface area contributed by atoms with Crippen LogP contribution in [-0.2, 0) is 6.42 Å². The van der Waals surface area contributed by atoms with Crippen LogP contribution in [0.5, 0.6) is 0 Å². The van der Waals surface area contributed by atoms with Gasteiger partial charge < -0.3 is 5.32 Å². The van der Waals surface area contributed by atoms with Crippen LogP contribution in [0.25, 0.3) is 5.65 Å². The topological polar surface area (TPSA) is 63.5 Å². The Labute approximate surface area is 146 Å². The minimum absolute atomic E-state index is 0.0367. The normalized spacial score (nSPS) is 12.1. The van der Waals surface area contributed by atoms with Crippen LogP contribution >= 0.6 is 0 Å². The molecular formula is C20H21N3O2. The Morgan fingerprint density at radius 3 is 2.72 bits per heavy atom. The second-order valence-corrected chi connectivity index (χ2v) is 6.31. The Morgan fingerprint density at radius 1 is 1.20 bits per heavy atom. The Kier molecular flexibility index (Phi) is 4.93. The van der Waals surface area contributed by atoms with Crippen LogP contribution in [0.3, 0.4) is 0 Å². The van der Waals surface area contributed by atoms with Gasteiger partial charge in [-0.2, -0.15) is 0 Å². The fraction of sp³-hybridized carbons (Fsp3) is 0.250. The average Bonchev–Trinajstić information content (AvgIpc) is 2.61. The quantitative estimate of drug-likeness (QED) is 0.780. The Hall–Kier alpha value is -2.95. The largest absolute Gasteiger partial charge is 0.349 e. The summed E-state index contributed by atoms with van der Waals surface area (Å²) in [5.74, 6) is -0.381. The number of amides is 1. The van der Waals surface area contributed by atoms with Gasteiger partial charge in [0.05, 0.1) is 0 Å². The highest BCUT2D eigenvalue weighted by Crippen LogP contribution is 2.06. The maximum atomic E-state index is 12.5. The van der Waals surface area contributed by atoms with Gasteiger partial charge in [0.15, 0.2) is 0 Å². The van der Waals surface area contributed by atoms with E-state index in [1.807, 2.05) is 38.1 Å². The number of carbonyl (C=O) groups excluding carboxylic acids is 1. The van der Waals surface area contributed by atoms with Gasteiger partial charge in [-0.25, -0.2) is 4.98 Å². The van der Waals surface area contributed by atoms with Crippen molar-refractivity contribution in [2.45, 2.75) is 32.7 Å². The Bertz CT molecular complexity index is 948. The molecule has 5 heteroatoms. The van der Waals surface area contributed by atoms with E-state index in [1.54, 1.807) is 12.3 Å². The highest BCUT2D eigenvalue weighted by molar-refractivity contribution is 5.93. The third kappa shape index (κ3) is 3.94. The summed E-state index contributed by atoms with van der Waals surface area (Å²) in [7, 11) is 0. The first kappa shape index (κ1) is 16.9. The van der Waals surface area contributed by atoms with Crippen LogP contribution in [0.15, 0.2) is 59.7 Å². The number of pyridine rings is 1. The zero-order valence-electron chi connectivity index (χ0n) is 14.4. The molecule has 0 spiro atoms. The molecule has 3 rings (SSSR count). The molecular weight excluding hydrogens is 314 g/mol. The van der Waals surface area contributed by atoms with Crippen molar-refractivity contribution in [3.8, 4) is 0 Å². The summed E-state index contributed by atoms with van der Waals surface area (Å²) in [6, 6.07) is 13.7. The maximum Gasteiger partial charge on any atom is 0.270 e. The van der Waals surface area contributed by atoms with Crippen LogP contribution in [0.2, 0.25) is 0 Å². The highest BCUT2D eigenvalue weighted by Gasteiger charge is 2.15. The summed E-state index contributed by atoms with van der Waals surface area (Å²) in [5, 5.41) is 2.89. The molecule has 3 aromatic rings. The van der Waals surface area contributed by atoms with Gasteiger partial charge in [-0.05, 0) is 43.9 Å². The lowest BCUT2D eigenvalue weighted by Crippen LogP contribution is -2.37. The standard InChI is InChI=1S/C20H21N3O2/c1-14-8-11-18-21-12-17(20(25)23(18)13-14)19(24)22-15(2)9-10-16-6-4-3-5-7-16/h3-8,11-13,15H,9-10H2,1-2H3,(H,22,24). The van der Waals surface area contributed by atoms with Crippen molar-refractivity contribution in [1.29, 1.82) is 0 Å². The van der Waals surface area contributed by atoms with Gasteiger partial charge in [0.2, 0.25) is 0 Å². The fourth-order valence-electron chi connectivity index (χ4n) is 2.74. The number of aromatic nitrogens is 2. The van der Waals surface area contributed by atoms with E-state index in [0.717, 1.165) is 18.4 Å². The first-order valence-electron chi connectivity index (χ1n) is 8.37. The molecule has 5 nitrogen and oxygen atoms in total. The molecule has 0 saturated carbocycles. The van der Waals surface area contributed by atoms with Gasteiger partial charge >= 0.3 is 0 Å². The number of carbonyl (C=O) groups is 1. The van der Waals surface area contributed by atoms with E-state index in [0.29, 0.717) is 5.65 Å². The number of hydrogen-bond donors (Lipinski definition) is 1. The van der Waals surface area contributed by atoms with E-state index in [1.165, 1.54) is 16.2 Å². The molecule has 0 radical (unpaired) electrons. The predicted molar refractivity (Wildman–Crippen MR) is 97.9 cm³/mol. The van der Waals surface area contributed by atoms with Crippen LogP contribution < -0.4 is 10.9 Å². The van der Waals surface area contributed by atoms with Gasteiger partial charge in [-0.1, -0.05) is 36.4 Å². The number of hydrogen-bond acceptors (Lipinski definition) is 3. The van der Waals surface area contributed by atoms with Crippen molar-refractivity contribution >= 4 is 11.6 Å². The van der Waals surface area contributed by atoms with Gasteiger partial charge in [0.25, 0.3) is 11.5 Å². The first-order chi connectivity index (χ1) is 12.0. The molecule has 2 aromatic heterocycles. The molecule has 1 N–H and O–H groups in total. The lowest BCUT2D eigenvalue weighted by Gasteiger charge is -2.14. The fourth-order valence-corrected chi connectivity index (χ4v) is 2.74. The molecule has 0 aliphatic heterocycles. The number of fused-ring (bicyclic) bond motifs is 1.